The number of benzene rings is 1. The van der Waals surface area contributed by atoms with Gasteiger partial charge in [-0.05, 0) is 38.7 Å². The van der Waals surface area contributed by atoms with Crippen LogP contribution in [0.4, 0.5) is 0 Å². The fraction of sp³-hybridized carbons (Fsp3) is 0.333. The Kier molecular flexibility index (Phi) is 3.10. The summed E-state index contributed by atoms with van der Waals surface area (Å²) in [5.41, 5.74) is 1.55. The van der Waals surface area contributed by atoms with Gasteiger partial charge in [0.15, 0.2) is 5.82 Å². The van der Waals surface area contributed by atoms with Crippen LogP contribution in [-0.2, 0) is 6.54 Å². The van der Waals surface area contributed by atoms with E-state index in [1.54, 1.807) is 12.1 Å². The monoisotopic (exact) mass is 233 g/mol. The zero-order chi connectivity index (χ0) is 12.4. The minimum absolute atomic E-state index is 0.157. The van der Waals surface area contributed by atoms with Crippen molar-refractivity contribution in [3.63, 3.8) is 0 Å². The second-order valence-corrected chi connectivity index (χ2v) is 4.27. The number of hydrogen-bond acceptors (Lipinski definition) is 5. The smallest absolute Gasteiger partial charge is 0.261 e. The summed E-state index contributed by atoms with van der Waals surface area (Å²) < 4.78 is 5.12. The Labute approximate surface area is 99.7 Å². The first-order valence-corrected chi connectivity index (χ1v) is 5.33. The zero-order valence-electron chi connectivity index (χ0n) is 10.1. The molecule has 2 aromatic rings. The lowest BCUT2D eigenvalue weighted by Crippen LogP contribution is -2.11. The molecule has 0 fully saturated rings. The fourth-order valence-electron chi connectivity index (χ4n) is 1.53. The summed E-state index contributed by atoms with van der Waals surface area (Å²) in [6.45, 7) is 2.52. The molecule has 17 heavy (non-hydrogen) atoms. The number of nitrogens with zero attached hydrogens (tertiary/aromatic N) is 3. The second kappa shape index (κ2) is 4.55. The quantitative estimate of drug-likeness (QED) is 0.876. The number of rotatable bonds is 3. The molecule has 0 atom stereocenters. The Morgan fingerprint density at radius 2 is 2.12 bits per heavy atom. The zero-order valence-corrected chi connectivity index (χ0v) is 10.1. The molecular weight excluding hydrogens is 218 g/mol. The van der Waals surface area contributed by atoms with Gasteiger partial charge in [-0.2, -0.15) is 4.98 Å². The average molecular weight is 233 g/mol. The van der Waals surface area contributed by atoms with Gasteiger partial charge in [-0.25, -0.2) is 0 Å². The molecule has 0 aliphatic carbocycles. The fourth-order valence-corrected chi connectivity index (χ4v) is 1.53. The highest BCUT2D eigenvalue weighted by Crippen LogP contribution is 2.28. The third kappa shape index (κ3) is 2.62. The van der Waals surface area contributed by atoms with Gasteiger partial charge in [-0.15, -0.1) is 0 Å². The number of hydrogen-bond donors (Lipinski definition) is 1. The summed E-state index contributed by atoms with van der Waals surface area (Å²) in [7, 11) is 3.86. The predicted octanol–water partition coefficient (Wildman–Crippen LogP) is 1.81. The van der Waals surface area contributed by atoms with Crippen LogP contribution in [0.2, 0.25) is 0 Å². The van der Waals surface area contributed by atoms with Crippen LogP contribution in [0.3, 0.4) is 0 Å². The van der Waals surface area contributed by atoms with Crippen molar-refractivity contribution in [1.82, 2.24) is 15.0 Å². The Hall–Kier alpha value is -1.88. The Balaban J connectivity index is 2.30. The Morgan fingerprint density at radius 3 is 2.76 bits per heavy atom. The molecule has 5 heteroatoms. The maximum atomic E-state index is 9.80. The van der Waals surface area contributed by atoms with Gasteiger partial charge in [0.05, 0.1) is 12.1 Å². The lowest BCUT2D eigenvalue weighted by atomic mass is 10.1. The molecule has 0 spiro atoms. The van der Waals surface area contributed by atoms with Gasteiger partial charge >= 0.3 is 0 Å². The van der Waals surface area contributed by atoms with E-state index < -0.39 is 0 Å². The van der Waals surface area contributed by atoms with Crippen LogP contribution >= 0.6 is 0 Å². The molecule has 1 aromatic carbocycles. The van der Waals surface area contributed by atoms with Crippen molar-refractivity contribution >= 4 is 0 Å². The van der Waals surface area contributed by atoms with E-state index in [0.717, 1.165) is 5.56 Å². The lowest BCUT2D eigenvalue weighted by Gasteiger charge is -2.03. The van der Waals surface area contributed by atoms with E-state index in [9.17, 15) is 5.11 Å². The van der Waals surface area contributed by atoms with E-state index >= 15 is 0 Å². The summed E-state index contributed by atoms with van der Waals surface area (Å²) in [6.07, 6.45) is 0. The molecule has 1 N–H and O–H groups in total. The highest BCUT2D eigenvalue weighted by Gasteiger charge is 2.12. The van der Waals surface area contributed by atoms with Crippen LogP contribution in [0.1, 0.15) is 11.4 Å². The number of aromatic hydroxyl groups is 1. The number of aryl methyl sites for hydroxylation is 1. The standard InChI is InChI=1S/C12H15N3O2/c1-8-4-5-9(10(16)6-8)12-13-11(14-17-12)7-15(2)3/h4-6,16H,7H2,1-3H3. The van der Waals surface area contributed by atoms with Gasteiger partial charge in [0.2, 0.25) is 0 Å². The number of aromatic nitrogens is 2. The molecular formula is C12H15N3O2. The first kappa shape index (κ1) is 11.6. The molecule has 0 bridgehead atoms. The summed E-state index contributed by atoms with van der Waals surface area (Å²) in [6, 6.07) is 5.34. The van der Waals surface area contributed by atoms with Gasteiger partial charge in [0.1, 0.15) is 5.75 Å². The van der Waals surface area contributed by atoms with Crippen LogP contribution in [0, 0.1) is 6.92 Å². The van der Waals surface area contributed by atoms with Crippen molar-refractivity contribution in [2.24, 2.45) is 0 Å². The molecule has 2 rings (SSSR count). The topological polar surface area (TPSA) is 62.4 Å². The Bertz CT molecular complexity index is 520. The molecule has 0 amide bonds. The van der Waals surface area contributed by atoms with Crippen LogP contribution < -0.4 is 0 Å². The molecule has 1 aromatic heterocycles. The van der Waals surface area contributed by atoms with Gasteiger partial charge in [-0.1, -0.05) is 11.2 Å². The van der Waals surface area contributed by atoms with E-state index in [0.29, 0.717) is 23.8 Å². The number of phenolic OH excluding ortho intramolecular Hbond substituents is 1. The average Bonchev–Trinajstić information content (AvgIpc) is 2.65. The second-order valence-electron chi connectivity index (χ2n) is 4.27. The van der Waals surface area contributed by atoms with Crippen LogP contribution in [0.15, 0.2) is 22.7 Å². The van der Waals surface area contributed by atoms with Crippen molar-refractivity contribution < 1.29 is 9.63 Å². The van der Waals surface area contributed by atoms with Crippen LogP contribution in [0.5, 0.6) is 5.75 Å². The first-order valence-electron chi connectivity index (χ1n) is 5.33. The normalized spacial score (nSPS) is 11.1. The minimum atomic E-state index is 0.157. The molecule has 0 aliphatic heterocycles. The maximum absolute atomic E-state index is 9.80. The first-order chi connectivity index (χ1) is 8.06. The van der Waals surface area contributed by atoms with Crippen molar-refractivity contribution in [2.45, 2.75) is 13.5 Å². The number of phenols is 1. The van der Waals surface area contributed by atoms with Crippen molar-refractivity contribution in [1.29, 1.82) is 0 Å². The molecule has 0 saturated heterocycles. The van der Waals surface area contributed by atoms with E-state index in [1.807, 2.05) is 32.0 Å². The summed E-state index contributed by atoms with van der Waals surface area (Å²) in [4.78, 5) is 6.18. The van der Waals surface area contributed by atoms with Gasteiger partial charge in [-0.3, -0.25) is 0 Å². The maximum Gasteiger partial charge on any atom is 0.261 e. The molecule has 0 aliphatic rings. The van der Waals surface area contributed by atoms with Gasteiger partial charge in [0, 0.05) is 0 Å². The highest BCUT2D eigenvalue weighted by atomic mass is 16.5. The largest absolute Gasteiger partial charge is 0.507 e. The van der Waals surface area contributed by atoms with Crippen molar-refractivity contribution in [2.75, 3.05) is 14.1 Å². The summed E-state index contributed by atoms with van der Waals surface area (Å²) in [5.74, 6) is 1.11. The SMILES string of the molecule is Cc1ccc(-c2nc(CN(C)C)no2)c(O)c1. The van der Waals surface area contributed by atoms with E-state index in [4.69, 9.17) is 4.52 Å². The van der Waals surface area contributed by atoms with Gasteiger partial charge < -0.3 is 14.5 Å². The van der Waals surface area contributed by atoms with Crippen molar-refractivity contribution in [3.05, 3.63) is 29.6 Å². The molecule has 0 saturated carbocycles. The highest BCUT2D eigenvalue weighted by molar-refractivity contribution is 5.62. The Morgan fingerprint density at radius 1 is 1.35 bits per heavy atom. The lowest BCUT2D eigenvalue weighted by molar-refractivity contribution is 0.365. The van der Waals surface area contributed by atoms with E-state index in [2.05, 4.69) is 10.1 Å². The summed E-state index contributed by atoms with van der Waals surface area (Å²) in [5, 5.41) is 13.7. The van der Waals surface area contributed by atoms with Gasteiger partial charge in [0.25, 0.3) is 5.89 Å². The van der Waals surface area contributed by atoms with E-state index in [-0.39, 0.29) is 5.75 Å². The molecule has 1 heterocycles. The molecule has 0 unspecified atom stereocenters. The third-order valence-electron chi connectivity index (χ3n) is 2.31. The minimum Gasteiger partial charge on any atom is -0.507 e. The third-order valence-corrected chi connectivity index (χ3v) is 2.31. The van der Waals surface area contributed by atoms with Crippen LogP contribution in [-0.4, -0.2) is 34.2 Å². The van der Waals surface area contributed by atoms with E-state index in [1.165, 1.54) is 0 Å². The van der Waals surface area contributed by atoms with Crippen LogP contribution in [0.25, 0.3) is 11.5 Å². The van der Waals surface area contributed by atoms with Crippen molar-refractivity contribution in [3.8, 4) is 17.2 Å². The molecule has 0 radical (unpaired) electrons. The molecule has 90 valence electrons. The predicted molar refractivity (Wildman–Crippen MR) is 63.5 cm³/mol. The summed E-state index contributed by atoms with van der Waals surface area (Å²) >= 11 is 0. The molecule has 5 nitrogen and oxygen atoms in total.